The minimum Gasteiger partial charge on any atom is -0.400 e. The summed E-state index contributed by atoms with van der Waals surface area (Å²) in [7, 11) is 1.00. The zero-order valence-corrected chi connectivity index (χ0v) is 10.2. The van der Waals surface area contributed by atoms with Crippen LogP contribution in [-0.2, 0) is 0 Å². The van der Waals surface area contributed by atoms with Gasteiger partial charge in [-0.15, -0.1) is 0 Å². The van der Waals surface area contributed by atoms with Gasteiger partial charge < -0.3 is 11.3 Å². The van der Waals surface area contributed by atoms with Gasteiger partial charge in [0.15, 0.2) is 0 Å². The predicted molar refractivity (Wildman–Crippen MR) is 65.7 cm³/mol. The lowest BCUT2D eigenvalue weighted by Crippen LogP contribution is -2.00. The first-order valence-electron chi connectivity index (χ1n) is 5.04. The topological polar surface area (TPSA) is 55.2 Å². The van der Waals surface area contributed by atoms with Gasteiger partial charge in [0.2, 0.25) is 0 Å². The third-order valence-electron chi connectivity index (χ3n) is 2.89. The van der Waals surface area contributed by atoms with Crippen LogP contribution in [0.1, 0.15) is 35.5 Å². The highest BCUT2D eigenvalue weighted by Gasteiger charge is 2.50. The van der Waals surface area contributed by atoms with Crippen LogP contribution in [0.2, 0.25) is 0 Å². The normalized spacial score (nSPS) is 30.4. The van der Waals surface area contributed by atoms with Crippen molar-refractivity contribution < 1.29 is 6.53 Å². The van der Waals surface area contributed by atoms with Crippen molar-refractivity contribution in [3.8, 4) is 0 Å². The zero-order valence-electron chi connectivity index (χ0n) is 10.2. The van der Waals surface area contributed by atoms with Crippen molar-refractivity contribution in [1.29, 1.82) is 0 Å². The molecule has 1 saturated carbocycles. The largest absolute Gasteiger partial charge is 0.400 e. The maximum atomic E-state index is 7.00. The molecular weight excluding hydrogens is 174 g/mol. The molecule has 14 heavy (non-hydrogen) atoms. The Bertz CT molecular complexity index is 214. The van der Waals surface area contributed by atoms with Gasteiger partial charge in [-0.1, -0.05) is 44.6 Å². The Balaban J connectivity index is -0.000000218. The molecule has 0 aromatic carbocycles. The van der Waals surface area contributed by atoms with Gasteiger partial charge in [-0.3, -0.25) is 0 Å². The molecule has 0 bridgehead atoms. The fourth-order valence-corrected chi connectivity index (χ4v) is 1.66. The van der Waals surface area contributed by atoms with E-state index in [0.717, 1.165) is 13.0 Å². The molecule has 2 heteroatoms. The molecule has 2 nitrogen and oxygen atoms in total. The van der Waals surface area contributed by atoms with Crippen molar-refractivity contribution >= 4 is 0 Å². The number of hydrogen-bond acceptors (Lipinski definition) is 2. The number of aliphatic hydroxyl groups is 1. The van der Waals surface area contributed by atoms with Crippen molar-refractivity contribution in [2.45, 2.75) is 34.1 Å². The molecule has 0 radical (unpaired) electrons. The van der Waals surface area contributed by atoms with E-state index in [1.807, 2.05) is 13.8 Å². The van der Waals surface area contributed by atoms with Crippen molar-refractivity contribution in [1.82, 2.24) is 6.15 Å². The quantitative estimate of drug-likeness (QED) is 0.629. The van der Waals surface area contributed by atoms with Crippen LogP contribution in [0.25, 0.3) is 0 Å². The molecule has 0 aromatic heterocycles. The van der Waals surface area contributed by atoms with Crippen LogP contribution >= 0.6 is 0 Å². The Morgan fingerprint density at radius 3 is 2.29 bits per heavy atom. The Morgan fingerprint density at radius 2 is 1.93 bits per heavy atom. The number of fused-ring (bicyclic) bond motifs is 1. The molecular formula is C12H27NO. The van der Waals surface area contributed by atoms with Crippen LogP contribution in [0, 0.1) is 11.3 Å². The number of hydrogen-bond donors (Lipinski definition) is 2. The minimum absolute atomic E-state index is 0. The molecule has 0 heterocycles. The highest BCUT2D eigenvalue weighted by molar-refractivity contribution is 5.34. The van der Waals surface area contributed by atoms with Crippen LogP contribution in [0.4, 0.5) is 0 Å². The zero-order chi connectivity index (χ0) is 10.5. The highest BCUT2D eigenvalue weighted by Crippen LogP contribution is 2.59. The Hall–Kier alpha value is -0.600. The molecule has 2 rings (SSSR count). The highest BCUT2D eigenvalue weighted by atomic mass is 16.2. The second-order valence-electron chi connectivity index (χ2n) is 3.46. The third kappa shape index (κ3) is 2.96. The molecule has 0 aliphatic heterocycles. The maximum absolute atomic E-state index is 7.00. The van der Waals surface area contributed by atoms with E-state index in [2.05, 4.69) is 32.1 Å². The fraction of sp³-hybridized carbons (Fsp3) is 0.667. The van der Waals surface area contributed by atoms with Crippen molar-refractivity contribution in [3.63, 3.8) is 0 Å². The van der Waals surface area contributed by atoms with Gasteiger partial charge in [0, 0.05) is 8.54 Å². The van der Waals surface area contributed by atoms with Gasteiger partial charge in [-0.05, 0) is 24.7 Å². The van der Waals surface area contributed by atoms with E-state index < -0.39 is 0 Å². The molecule has 0 aromatic rings. The van der Waals surface area contributed by atoms with E-state index in [4.69, 9.17) is 5.11 Å². The molecule has 2 aliphatic rings. The van der Waals surface area contributed by atoms with E-state index in [-0.39, 0.29) is 7.58 Å². The number of allylic oxidation sites excluding steroid dienone is 4. The summed E-state index contributed by atoms with van der Waals surface area (Å²) in [5.74, 6) is 0.877. The smallest absolute Gasteiger partial charge is 0.0319 e. The molecule has 0 amide bonds. The molecule has 2 atom stereocenters. The summed E-state index contributed by atoms with van der Waals surface area (Å²) in [6.07, 6.45) is 8.14. The Labute approximate surface area is 89.8 Å². The SMILES string of the molecule is CC.CC1=CC=CC2CC12C.CO.N.[HH]. The maximum Gasteiger partial charge on any atom is 0.0319 e. The first kappa shape index (κ1) is 15.9. The molecule has 0 saturated heterocycles. The van der Waals surface area contributed by atoms with E-state index in [1.165, 1.54) is 6.42 Å². The second-order valence-corrected chi connectivity index (χ2v) is 3.46. The average molecular weight is 201 g/mol. The molecule has 86 valence electrons. The molecule has 1 fully saturated rings. The minimum atomic E-state index is 0. The van der Waals surface area contributed by atoms with E-state index in [1.54, 1.807) is 5.57 Å². The lowest BCUT2D eigenvalue weighted by atomic mass is 9.93. The van der Waals surface area contributed by atoms with Gasteiger partial charge in [0.25, 0.3) is 0 Å². The summed E-state index contributed by atoms with van der Waals surface area (Å²) in [6, 6.07) is 0. The van der Waals surface area contributed by atoms with E-state index >= 15 is 0 Å². The van der Waals surface area contributed by atoms with Gasteiger partial charge in [0.1, 0.15) is 0 Å². The summed E-state index contributed by atoms with van der Waals surface area (Å²) in [5.41, 5.74) is 2.14. The van der Waals surface area contributed by atoms with Crippen LogP contribution in [0.15, 0.2) is 23.8 Å². The number of rotatable bonds is 0. The van der Waals surface area contributed by atoms with Gasteiger partial charge >= 0.3 is 0 Å². The van der Waals surface area contributed by atoms with Crippen LogP contribution in [-0.4, -0.2) is 12.2 Å². The van der Waals surface area contributed by atoms with E-state index in [9.17, 15) is 0 Å². The third-order valence-corrected chi connectivity index (χ3v) is 2.89. The lowest BCUT2D eigenvalue weighted by molar-refractivity contribution is 0.399. The van der Waals surface area contributed by atoms with Crippen molar-refractivity contribution in [2.75, 3.05) is 7.11 Å². The summed E-state index contributed by atoms with van der Waals surface area (Å²) in [5, 5.41) is 7.00. The van der Waals surface area contributed by atoms with Gasteiger partial charge in [0.05, 0.1) is 0 Å². The molecule has 2 aliphatic carbocycles. The first-order valence-corrected chi connectivity index (χ1v) is 5.04. The second kappa shape index (κ2) is 6.80. The van der Waals surface area contributed by atoms with Crippen molar-refractivity contribution in [2.24, 2.45) is 11.3 Å². The number of aliphatic hydroxyl groups excluding tert-OH is 1. The lowest BCUT2D eigenvalue weighted by Gasteiger charge is -2.12. The Kier molecular flexibility index (Phi) is 7.69. The van der Waals surface area contributed by atoms with Crippen molar-refractivity contribution in [3.05, 3.63) is 23.8 Å². The molecule has 4 N–H and O–H groups in total. The van der Waals surface area contributed by atoms with Crippen LogP contribution in [0.5, 0.6) is 0 Å². The monoisotopic (exact) mass is 201 g/mol. The summed E-state index contributed by atoms with van der Waals surface area (Å²) >= 11 is 0. The fourth-order valence-electron chi connectivity index (χ4n) is 1.66. The first-order chi connectivity index (χ1) is 6.23. The summed E-state index contributed by atoms with van der Waals surface area (Å²) in [6.45, 7) is 8.59. The average Bonchev–Trinajstić information content (AvgIpc) is 2.87. The summed E-state index contributed by atoms with van der Waals surface area (Å²) < 4.78 is 0. The summed E-state index contributed by atoms with van der Waals surface area (Å²) in [4.78, 5) is 0. The predicted octanol–water partition coefficient (Wildman–Crippen LogP) is 3.57. The standard InChI is InChI=1S/C9H12.C2H6.CH4O.H3N.H2/c1-7-4-3-5-8-6-9(7,8)2;2*1-2;;/h3-5,8H,6H2,1-2H3;1-2H3;2H,1H3;1H3;1H. The molecule has 2 unspecified atom stereocenters. The van der Waals surface area contributed by atoms with Crippen LogP contribution in [0.3, 0.4) is 0 Å². The Morgan fingerprint density at radius 1 is 1.43 bits per heavy atom. The van der Waals surface area contributed by atoms with Crippen LogP contribution < -0.4 is 6.15 Å². The van der Waals surface area contributed by atoms with Gasteiger partial charge in [-0.2, -0.15) is 0 Å². The molecule has 0 spiro atoms. The van der Waals surface area contributed by atoms with E-state index in [0.29, 0.717) is 5.41 Å². The van der Waals surface area contributed by atoms with Gasteiger partial charge in [-0.25, -0.2) is 0 Å².